The first-order valence-corrected chi connectivity index (χ1v) is 7.63. The molecule has 0 saturated carbocycles. The monoisotopic (exact) mass is 320 g/mol. The van der Waals surface area contributed by atoms with Gasteiger partial charge < -0.3 is 14.6 Å². The Bertz CT molecular complexity index is 665. The molecule has 3 rings (SSSR count). The van der Waals surface area contributed by atoms with Crippen LogP contribution in [0.25, 0.3) is 0 Å². The van der Waals surface area contributed by atoms with Crippen molar-refractivity contribution in [2.75, 3.05) is 13.1 Å². The number of piperidine rings is 1. The van der Waals surface area contributed by atoms with E-state index in [0.29, 0.717) is 31.0 Å². The molecule has 1 N–H and O–H groups in total. The van der Waals surface area contributed by atoms with Gasteiger partial charge in [-0.3, -0.25) is 4.79 Å². The highest BCUT2D eigenvalue weighted by atomic mass is 19.1. The first-order chi connectivity index (χ1) is 11.1. The van der Waals surface area contributed by atoms with Gasteiger partial charge in [-0.1, -0.05) is 6.07 Å². The van der Waals surface area contributed by atoms with E-state index in [2.05, 4.69) is 5.32 Å². The fourth-order valence-corrected chi connectivity index (χ4v) is 2.76. The predicted molar refractivity (Wildman–Crippen MR) is 80.8 cm³/mol. The topological polar surface area (TPSA) is 45.5 Å². The molecule has 1 amide bonds. The second-order valence-corrected chi connectivity index (χ2v) is 5.66. The molecule has 0 aliphatic carbocycles. The smallest absolute Gasteiger partial charge is 0.289 e. The van der Waals surface area contributed by atoms with Crippen LogP contribution in [0.4, 0.5) is 8.78 Å². The number of furan rings is 1. The molecular weight excluding hydrogens is 302 g/mol. The molecule has 2 heterocycles. The van der Waals surface area contributed by atoms with E-state index in [1.165, 1.54) is 18.4 Å². The summed E-state index contributed by atoms with van der Waals surface area (Å²) in [7, 11) is 0. The number of nitrogens with zero attached hydrogens (tertiary/aromatic N) is 1. The summed E-state index contributed by atoms with van der Waals surface area (Å²) in [6, 6.07) is 7.16. The third-order valence-corrected chi connectivity index (χ3v) is 4.11. The van der Waals surface area contributed by atoms with Gasteiger partial charge in [-0.25, -0.2) is 8.78 Å². The van der Waals surface area contributed by atoms with Gasteiger partial charge in [0.2, 0.25) is 0 Å². The maximum Gasteiger partial charge on any atom is 0.289 e. The van der Waals surface area contributed by atoms with E-state index in [0.717, 1.165) is 18.9 Å². The lowest BCUT2D eigenvalue weighted by atomic mass is 10.0. The van der Waals surface area contributed by atoms with Gasteiger partial charge in [0, 0.05) is 37.3 Å². The molecule has 0 radical (unpaired) electrons. The van der Waals surface area contributed by atoms with Gasteiger partial charge >= 0.3 is 0 Å². The number of nitrogens with one attached hydrogen (secondary N) is 1. The van der Waals surface area contributed by atoms with Crippen molar-refractivity contribution < 1.29 is 18.0 Å². The third-order valence-electron chi connectivity index (χ3n) is 4.11. The van der Waals surface area contributed by atoms with Gasteiger partial charge in [-0.15, -0.1) is 0 Å². The van der Waals surface area contributed by atoms with Crippen molar-refractivity contribution in [2.45, 2.75) is 25.4 Å². The lowest BCUT2D eigenvalue weighted by Gasteiger charge is -2.32. The molecule has 1 fully saturated rings. The minimum absolute atomic E-state index is 0.0990. The van der Waals surface area contributed by atoms with Gasteiger partial charge in [-0.2, -0.15) is 0 Å². The Balaban J connectivity index is 1.48. The largest absolute Gasteiger partial charge is 0.459 e. The van der Waals surface area contributed by atoms with Gasteiger partial charge in [0.05, 0.1) is 6.26 Å². The maximum absolute atomic E-state index is 13.6. The van der Waals surface area contributed by atoms with Crippen molar-refractivity contribution in [2.24, 2.45) is 0 Å². The van der Waals surface area contributed by atoms with Gasteiger partial charge in [0.1, 0.15) is 11.6 Å². The van der Waals surface area contributed by atoms with Crippen molar-refractivity contribution in [3.05, 3.63) is 59.6 Å². The molecule has 0 spiro atoms. The highest BCUT2D eigenvalue weighted by Crippen LogP contribution is 2.16. The molecule has 6 heteroatoms. The number of benzene rings is 1. The number of carbonyl (C=O) groups is 1. The van der Waals surface area contributed by atoms with E-state index >= 15 is 0 Å². The van der Waals surface area contributed by atoms with E-state index in [1.807, 2.05) is 0 Å². The van der Waals surface area contributed by atoms with Crippen LogP contribution in [0.3, 0.4) is 0 Å². The van der Waals surface area contributed by atoms with Crippen LogP contribution in [0.1, 0.15) is 29.0 Å². The highest BCUT2D eigenvalue weighted by Gasteiger charge is 2.24. The van der Waals surface area contributed by atoms with Crippen LogP contribution in [-0.2, 0) is 6.54 Å². The Hall–Kier alpha value is -2.21. The average molecular weight is 320 g/mol. The van der Waals surface area contributed by atoms with Crippen molar-refractivity contribution >= 4 is 5.91 Å². The Labute approximate surface area is 133 Å². The summed E-state index contributed by atoms with van der Waals surface area (Å²) in [4.78, 5) is 13.9. The summed E-state index contributed by atoms with van der Waals surface area (Å²) in [5, 5.41) is 3.27. The zero-order valence-corrected chi connectivity index (χ0v) is 12.6. The number of likely N-dealkylation sites (tertiary alicyclic amines) is 1. The fraction of sp³-hybridized carbons (Fsp3) is 0.353. The summed E-state index contributed by atoms with van der Waals surface area (Å²) >= 11 is 0. The first kappa shape index (κ1) is 15.7. The van der Waals surface area contributed by atoms with Gasteiger partial charge in [-0.05, 0) is 31.0 Å². The number of halogens is 2. The number of hydrogen-bond acceptors (Lipinski definition) is 3. The minimum atomic E-state index is -0.573. The van der Waals surface area contributed by atoms with Crippen LogP contribution >= 0.6 is 0 Å². The molecular formula is C17H18F2N2O2. The van der Waals surface area contributed by atoms with Crippen LogP contribution in [0.5, 0.6) is 0 Å². The molecule has 4 nitrogen and oxygen atoms in total. The Kier molecular flexibility index (Phi) is 4.71. The van der Waals surface area contributed by atoms with E-state index in [4.69, 9.17) is 4.42 Å². The van der Waals surface area contributed by atoms with Crippen LogP contribution < -0.4 is 5.32 Å². The number of carbonyl (C=O) groups excluding carboxylic acids is 1. The van der Waals surface area contributed by atoms with E-state index in [9.17, 15) is 13.6 Å². The molecule has 122 valence electrons. The quantitative estimate of drug-likeness (QED) is 0.942. The standard InChI is InChI=1S/C17H18F2N2O2/c18-13-4-3-12(15(19)10-13)11-20-14-5-7-21(8-6-14)17(22)16-2-1-9-23-16/h1-4,9-10,14,20H,5-8,11H2. The van der Waals surface area contributed by atoms with Crippen LogP contribution in [0.2, 0.25) is 0 Å². The summed E-state index contributed by atoms with van der Waals surface area (Å²) in [6.45, 7) is 1.61. The predicted octanol–water partition coefficient (Wildman–Crippen LogP) is 2.95. The lowest BCUT2D eigenvalue weighted by Crippen LogP contribution is -2.44. The molecule has 1 aliphatic rings. The van der Waals surface area contributed by atoms with Gasteiger partial charge in [0.15, 0.2) is 5.76 Å². The Morgan fingerprint density at radius 2 is 2.04 bits per heavy atom. The molecule has 1 aliphatic heterocycles. The second kappa shape index (κ2) is 6.91. The molecule has 1 saturated heterocycles. The average Bonchev–Trinajstić information content (AvgIpc) is 3.08. The highest BCUT2D eigenvalue weighted by molar-refractivity contribution is 5.91. The summed E-state index contributed by atoms with van der Waals surface area (Å²) < 4.78 is 31.6. The Morgan fingerprint density at radius 1 is 1.26 bits per heavy atom. The SMILES string of the molecule is O=C(c1ccco1)N1CCC(NCc2ccc(F)cc2F)CC1. The molecule has 1 aromatic carbocycles. The van der Waals surface area contributed by atoms with Crippen LogP contribution in [0, 0.1) is 11.6 Å². The Morgan fingerprint density at radius 3 is 2.70 bits per heavy atom. The molecule has 23 heavy (non-hydrogen) atoms. The van der Waals surface area contributed by atoms with Crippen molar-refractivity contribution in [3.63, 3.8) is 0 Å². The first-order valence-electron chi connectivity index (χ1n) is 7.63. The normalized spacial score (nSPS) is 15.8. The fourth-order valence-electron chi connectivity index (χ4n) is 2.76. The van der Waals surface area contributed by atoms with E-state index < -0.39 is 11.6 Å². The van der Waals surface area contributed by atoms with Crippen LogP contribution in [0.15, 0.2) is 41.0 Å². The van der Waals surface area contributed by atoms with Crippen molar-refractivity contribution in [1.82, 2.24) is 10.2 Å². The molecule has 1 aromatic heterocycles. The minimum Gasteiger partial charge on any atom is -0.459 e. The van der Waals surface area contributed by atoms with Crippen LogP contribution in [-0.4, -0.2) is 29.9 Å². The molecule has 0 atom stereocenters. The zero-order valence-electron chi connectivity index (χ0n) is 12.6. The third kappa shape index (κ3) is 3.76. The number of rotatable bonds is 4. The maximum atomic E-state index is 13.6. The number of hydrogen-bond donors (Lipinski definition) is 1. The van der Waals surface area contributed by atoms with Gasteiger partial charge in [0.25, 0.3) is 5.91 Å². The molecule has 0 bridgehead atoms. The molecule has 2 aromatic rings. The molecule has 0 unspecified atom stereocenters. The summed E-state index contributed by atoms with van der Waals surface area (Å²) in [5.41, 5.74) is 0.445. The van der Waals surface area contributed by atoms with Crippen molar-refractivity contribution in [3.8, 4) is 0 Å². The van der Waals surface area contributed by atoms with E-state index in [-0.39, 0.29) is 11.9 Å². The summed E-state index contributed by atoms with van der Waals surface area (Å²) in [5.74, 6) is -0.859. The van der Waals surface area contributed by atoms with Crippen molar-refractivity contribution in [1.29, 1.82) is 0 Å². The van der Waals surface area contributed by atoms with E-state index in [1.54, 1.807) is 17.0 Å². The zero-order chi connectivity index (χ0) is 16.2. The second-order valence-electron chi connectivity index (χ2n) is 5.66. The summed E-state index contributed by atoms with van der Waals surface area (Å²) in [6.07, 6.45) is 3.06. The number of amides is 1. The lowest BCUT2D eigenvalue weighted by molar-refractivity contribution is 0.0672.